The van der Waals surface area contributed by atoms with E-state index in [4.69, 9.17) is 5.41 Å². The maximum absolute atomic E-state index is 13.5. The van der Waals surface area contributed by atoms with Gasteiger partial charge >= 0.3 is 6.18 Å². The van der Waals surface area contributed by atoms with Crippen molar-refractivity contribution in [1.82, 2.24) is 19.9 Å². The Labute approximate surface area is 194 Å². The number of nitrogens with one attached hydrogen (secondary N) is 3. The molecule has 4 N–H and O–H groups in total. The van der Waals surface area contributed by atoms with Crippen LogP contribution in [0.4, 0.5) is 18.9 Å². The molecule has 0 saturated carbocycles. The zero-order chi connectivity index (χ0) is 24.7. The second-order valence-corrected chi connectivity index (χ2v) is 7.62. The first-order valence-electron chi connectivity index (χ1n) is 10.1. The molecule has 0 aliphatic rings. The first-order chi connectivity index (χ1) is 16.2. The van der Waals surface area contributed by atoms with E-state index in [-0.39, 0.29) is 17.8 Å². The molecule has 0 saturated heterocycles. The van der Waals surface area contributed by atoms with Crippen LogP contribution >= 0.6 is 0 Å². The van der Waals surface area contributed by atoms with E-state index in [1.807, 2.05) is 0 Å². The quantitative estimate of drug-likeness (QED) is 0.238. The van der Waals surface area contributed by atoms with E-state index in [0.717, 1.165) is 12.3 Å². The van der Waals surface area contributed by atoms with Gasteiger partial charge in [0.05, 0.1) is 11.8 Å². The van der Waals surface area contributed by atoms with Crippen molar-refractivity contribution in [1.29, 1.82) is 5.41 Å². The number of alkyl halides is 3. The SMILES string of the molecule is CN(C)Cc1ccc(NC(O)c2cncc(C#Cc3cnc(/C=C\C=N)[nH]3)c2)cc1C(F)(F)F. The molecule has 3 rings (SSSR count). The monoisotopic (exact) mass is 468 g/mol. The second-order valence-electron chi connectivity index (χ2n) is 7.62. The Morgan fingerprint density at radius 1 is 1.21 bits per heavy atom. The average molecular weight is 468 g/mol. The topological polar surface area (TPSA) is 101 Å². The Hall–Kier alpha value is -3.94. The van der Waals surface area contributed by atoms with E-state index in [0.29, 0.717) is 22.6 Å². The molecule has 10 heteroatoms. The summed E-state index contributed by atoms with van der Waals surface area (Å²) in [4.78, 5) is 12.8. The first-order valence-corrected chi connectivity index (χ1v) is 10.1. The minimum absolute atomic E-state index is 0.127. The van der Waals surface area contributed by atoms with Crippen molar-refractivity contribution in [3.05, 3.63) is 82.7 Å². The molecule has 0 fully saturated rings. The molecule has 176 valence electrons. The number of aromatic amines is 1. The third-order valence-electron chi connectivity index (χ3n) is 4.57. The minimum atomic E-state index is -4.52. The minimum Gasteiger partial charge on any atom is -0.369 e. The third kappa shape index (κ3) is 6.78. The predicted octanol–water partition coefficient (Wildman–Crippen LogP) is 4.05. The van der Waals surface area contributed by atoms with E-state index >= 15 is 0 Å². The van der Waals surface area contributed by atoms with Crippen LogP contribution in [0.25, 0.3) is 6.08 Å². The van der Waals surface area contributed by atoms with Crippen molar-refractivity contribution in [2.75, 3.05) is 19.4 Å². The van der Waals surface area contributed by atoms with Gasteiger partial charge in [0.25, 0.3) is 0 Å². The highest BCUT2D eigenvalue weighted by Crippen LogP contribution is 2.35. The molecule has 0 amide bonds. The normalized spacial score (nSPS) is 12.4. The van der Waals surface area contributed by atoms with Gasteiger partial charge < -0.3 is 25.7 Å². The number of anilines is 1. The van der Waals surface area contributed by atoms with Crippen molar-refractivity contribution >= 4 is 18.0 Å². The number of H-pyrrole nitrogens is 1. The second kappa shape index (κ2) is 10.8. The van der Waals surface area contributed by atoms with Crippen LogP contribution in [0.3, 0.4) is 0 Å². The summed E-state index contributed by atoms with van der Waals surface area (Å²) in [5.74, 6) is 6.34. The van der Waals surface area contributed by atoms with Crippen LogP contribution in [0.15, 0.2) is 48.9 Å². The number of allylic oxidation sites excluding steroid dienone is 1. The van der Waals surface area contributed by atoms with Gasteiger partial charge in [0.1, 0.15) is 11.5 Å². The van der Waals surface area contributed by atoms with Crippen LogP contribution in [-0.2, 0) is 12.7 Å². The number of benzene rings is 1. The van der Waals surface area contributed by atoms with Crippen LogP contribution in [0.2, 0.25) is 0 Å². The molecule has 3 aromatic rings. The lowest BCUT2D eigenvalue weighted by molar-refractivity contribution is -0.138. The highest BCUT2D eigenvalue weighted by Gasteiger charge is 2.33. The molecule has 2 heterocycles. The van der Waals surface area contributed by atoms with Crippen molar-refractivity contribution in [3.8, 4) is 11.8 Å². The fourth-order valence-corrected chi connectivity index (χ4v) is 3.09. The van der Waals surface area contributed by atoms with Crippen molar-refractivity contribution in [2.24, 2.45) is 0 Å². The number of halogens is 3. The fraction of sp³-hybridized carbons (Fsp3) is 0.208. The number of rotatable bonds is 7. The van der Waals surface area contributed by atoms with Gasteiger partial charge in [-0.15, -0.1) is 0 Å². The standard InChI is InChI=1S/C24H23F3N6O/c1-33(2)15-17-6-8-19(11-21(17)24(25,26)27)32-23(34)18-10-16(12-29-13-18)5-7-20-14-30-22(31-20)4-3-9-28/h3-4,6,8-14,23,28,32,34H,15H2,1-2H3,(H,30,31)/b4-3-,28-9?. The first kappa shape index (κ1) is 24.7. The number of pyridine rings is 1. The third-order valence-corrected chi connectivity index (χ3v) is 4.57. The largest absolute Gasteiger partial charge is 0.416 e. The summed E-state index contributed by atoms with van der Waals surface area (Å²) in [6.07, 6.45) is 2.92. The van der Waals surface area contributed by atoms with E-state index in [9.17, 15) is 18.3 Å². The molecule has 2 aromatic heterocycles. The molecular formula is C24H23F3N6O. The highest BCUT2D eigenvalue weighted by molar-refractivity contribution is 5.74. The lowest BCUT2D eigenvalue weighted by Gasteiger charge is -2.20. The fourth-order valence-electron chi connectivity index (χ4n) is 3.09. The number of hydrogen-bond acceptors (Lipinski definition) is 6. The van der Waals surface area contributed by atoms with Crippen LogP contribution < -0.4 is 5.32 Å². The Morgan fingerprint density at radius 3 is 2.71 bits per heavy atom. The van der Waals surface area contributed by atoms with Gasteiger partial charge in [-0.2, -0.15) is 13.2 Å². The Kier molecular flexibility index (Phi) is 7.83. The maximum Gasteiger partial charge on any atom is 0.416 e. The molecule has 1 atom stereocenters. The molecule has 1 unspecified atom stereocenters. The molecule has 0 spiro atoms. The molecule has 0 aliphatic heterocycles. The highest BCUT2D eigenvalue weighted by atomic mass is 19.4. The zero-order valence-electron chi connectivity index (χ0n) is 18.5. The lowest BCUT2D eigenvalue weighted by atomic mass is 10.1. The number of aromatic nitrogens is 3. The summed E-state index contributed by atoms with van der Waals surface area (Å²) in [7, 11) is 3.39. The van der Waals surface area contributed by atoms with Crippen LogP contribution in [0.5, 0.6) is 0 Å². The van der Waals surface area contributed by atoms with Crippen LogP contribution in [0.1, 0.15) is 40.0 Å². The molecule has 34 heavy (non-hydrogen) atoms. The van der Waals surface area contributed by atoms with Gasteiger partial charge in [0, 0.05) is 42.0 Å². The van der Waals surface area contributed by atoms with E-state index < -0.39 is 18.0 Å². The number of aliphatic hydroxyl groups is 1. The number of aliphatic hydroxyl groups excluding tert-OH is 1. The van der Waals surface area contributed by atoms with Crippen molar-refractivity contribution in [2.45, 2.75) is 18.9 Å². The summed E-state index contributed by atoms with van der Waals surface area (Å²) in [6, 6.07) is 5.47. The van der Waals surface area contributed by atoms with E-state index in [2.05, 4.69) is 32.1 Å². The Balaban J connectivity index is 1.77. The summed E-state index contributed by atoms with van der Waals surface area (Å²) in [5, 5.41) is 20.2. The Morgan fingerprint density at radius 2 is 2.00 bits per heavy atom. The van der Waals surface area contributed by atoms with Gasteiger partial charge in [0.2, 0.25) is 0 Å². The molecule has 7 nitrogen and oxygen atoms in total. The van der Waals surface area contributed by atoms with E-state index in [1.54, 1.807) is 37.3 Å². The van der Waals surface area contributed by atoms with Gasteiger partial charge in [-0.3, -0.25) is 4.98 Å². The molecule has 0 radical (unpaired) electrons. The van der Waals surface area contributed by atoms with Gasteiger partial charge in [-0.05, 0) is 55.9 Å². The average Bonchev–Trinajstić information content (AvgIpc) is 3.24. The van der Waals surface area contributed by atoms with Gasteiger partial charge in [0.15, 0.2) is 6.23 Å². The molecule has 0 aliphatic carbocycles. The number of hydrogen-bond donors (Lipinski definition) is 4. The van der Waals surface area contributed by atoms with Gasteiger partial charge in [-0.25, -0.2) is 4.98 Å². The van der Waals surface area contributed by atoms with Crippen molar-refractivity contribution < 1.29 is 18.3 Å². The molecular weight excluding hydrogens is 445 g/mol. The number of nitrogens with zero attached hydrogens (tertiary/aromatic N) is 3. The summed E-state index contributed by atoms with van der Waals surface area (Å²) < 4.78 is 40.6. The molecule has 0 bridgehead atoms. The van der Waals surface area contributed by atoms with E-state index in [1.165, 1.54) is 30.6 Å². The number of imidazole rings is 1. The van der Waals surface area contributed by atoms with Crippen LogP contribution in [-0.4, -0.2) is 45.3 Å². The lowest BCUT2D eigenvalue weighted by Crippen LogP contribution is -2.17. The van der Waals surface area contributed by atoms with Crippen LogP contribution in [0, 0.1) is 17.3 Å². The zero-order valence-corrected chi connectivity index (χ0v) is 18.5. The maximum atomic E-state index is 13.5. The summed E-state index contributed by atoms with van der Waals surface area (Å²) in [5.41, 5.74) is 0.907. The smallest absolute Gasteiger partial charge is 0.369 e. The van der Waals surface area contributed by atoms with Crippen molar-refractivity contribution in [3.63, 3.8) is 0 Å². The summed E-state index contributed by atoms with van der Waals surface area (Å²) >= 11 is 0. The molecule has 1 aromatic carbocycles. The predicted molar refractivity (Wildman–Crippen MR) is 124 cm³/mol. The Bertz CT molecular complexity index is 1240. The van der Waals surface area contributed by atoms with Gasteiger partial charge in [-0.1, -0.05) is 12.0 Å². The summed E-state index contributed by atoms with van der Waals surface area (Å²) in [6.45, 7) is 0.138.